The molecule has 1 fully saturated rings. The summed E-state index contributed by atoms with van der Waals surface area (Å²) < 4.78 is 0. The Bertz CT molecular complexity index is 417. The molecule has 2 atom stereocenters. The van der Waals surface area contributed by atoms with Crippen LogP contribution in [0.3, 0.4) is 0 Å². The largest absolute Gasteiger partial charge is 0.480 e. The number of likely N-dealkylation sites (tertiary alicyclic amines) is 1. The Morgan fingerprint density at radius 1 is 1.53 bits per heavy atom. The zero-order chi connectivity index (χ0) is 12.4. The fourth-order valence-corrected chi connectivity index (χ4v) is 2.68. The maximum atomic E-state index is 11.9. The second kappa shape index (κ2) is 4.85. The molecule has 0 radical (unpaired) electrons. The number of nitrogens with zero attached hydrogens (tertiary/aromatic N) is 1. The van der Waals surface area contributed by atoms with Crippen molar-refractivity contribution >= 4 is 23.2 Å². The molecule has 0 aliphatic carbocycles. The van der Waals surface area contributed by atoms with Gasteiger partial charge in [-0.1, -0.05) is 6.07 Å². The lowest BCUT2D eigenvalue weighted by Crippen LogP contribution is -2.41. The molecular weight excluding hydrogens is 242 g/mol. The van der Waals surface area contributed by atoms with E-state index in [1.165, 1.54) is 16.2 Å². The van der Waals surface area contributed by atoms with Gasteiger partial charge in [0.15, 0.2) is 0 Å². The number of amides is 1. The molecule has 1 aliphatic heterocycles. The third kappa shape index (κ3) is 2.65. The quantitative estimate of drug-likeness (QED) is 0.816. The van der Waals surface area contributed by atoms with Crippen LogP contribution in [0.2, 0.25) is 0 Å². The first-order chi connectivity index (χ1) is 8.08. The first-order valence-corrected chi connectivity index (χ1v) is 6.18. The van der Waals surface area contributed by atoms with Crippen molar-refractivity contribution in [1.82, 2.24) is 4.90 Å². The summed E-state index contributed by atoms with van der Waals surface area (Å²) in [7, 11) is 0. The lowest BCUT2D eigenvalue weighted by atomic mass is 10.2. The Labute approximate surface area is 102 Å². The average Bonchev–Trinajstić information content (AvgIpc) is 2.86. The number of hydrogen-bond acceptors (Lipinski definition) is 4. The van der Waals surface area contributed by atoms with Crippen LogP contribution in [0.1, 0.15) is 11.3 Å². The molecule has 1 aliphatic rings. The van der Waals surface area contributed by atoms with Crippen molar-refractivity contribution in [3.8, 4) is 0 Å². The van der Waals surface area contributed by atoms with Gasteiger partial charge in [-0.3, -0.25) is 4.79 Å². The maximum absolute atomic E-state index is 11.9. The number of aliphatic hydroxyl groups excluding tert-OH is 1. The summed E-state index contributed by atoms with van der Waals surface area (Å²) in [6.45, 7) is 0.112. The van der Waals surface area contributed by atoms with E-state index in [2.05, 4.69) is 0 Å². The highest BCUT2D eigenvalue weighted by Crippen LogP contribution is 2.20. The highest BCUT2D eigenvalue weighted by atomic mass is 32.1. The van der Waals surface area contributed by atoms with Crippen LogP contribution in [0.25, 0.3) is 0 Å². The summed E-state index contributed by atoms with van der Waals surface area (Å²) in [4.78, 5) is 25.1. The monoisotopic (exact) mass is 255 g/mol. The Morgan fingerprint density at radius 2 is 2.29 bits per heavy atom. The number of β-amino-alcohol motifs (C(OH)–C–C–N with tert-alkyl or cyclic N) is 1. The Morgan fingerprint density at radius 3 is 2.88 bits per heavy atom. The summed E-state index contributed by atoms with van der Waals surface area (Å²) in [6, 6.07) is 2.79. The third-order valence-electron chi connectivity index (χ3n) is 2.79. The summed E-state index contributed by atoms with van der Waals surface area (Å²) in [5.74, 6) is -1.29. The molecule has 0 unspecified atom stereocenters. The number of aliphatic hydroxyl groups is 1. The van der Waals surface area contributed by atoms with Gasteiger partial charge < -0.3 is 15.1 Å². The summed E-state index contributed by atoms with van der Waals surface area (Å²) in [6.07, 6.45) is -0.414. The van der Waals surface area contributed by atoms with Crippen molar-refractivity contribution in [2.45, 2.75) is 25.0 Å². The minimum absolute atomic E-state index is 0.112. The molecule has 5 nitrogen and oxygen atoms in total. The van der Waals surface area contributed by atoms with Gasteiger partial charge in [-0.25, -0.2) is 4.79 Å². The minimum Gasteiger partial charge on any atom is -0.480 e. The van der Waals surface area contributed by atoms with Crippen molar-refractivity contribution in [3.05, 3.63) is 22.4 Å². The summed E-state index contributed by atoms with van der Waals surface area (Å²) in [5.41, 5.74) is 0. The van der Waals surface area contributed by atoms with Gasteiger partial charge in [0.1, 0.15) is 6.04 Å². The zero-order valence-electron chi connectivity index (χ0n) is 9.07. The van der Waals surface area contributed by atoms with Crippen LogP contribution in [0.4, 0.5) is 0 Å². The van der Waals surface area contributed by atoms with E-state index in [0.29, 0.717) is 0 Å². The predicted molar refractivity (Wildman–Crippen MR) is 61.8 cm³/mol. The van der Waals surface area contributed by atoms with E-state index < -0.39 is 18.1 Å². The van der Waals surface area contributed by atoms with E-state index in [9.17, 15) is 14.7 Å². The number of aliphatic carboxylic acids is 1. The van der Waals surface area contributed by atoms with Gasteiger partial charge in [0.25, 0.3) is 0 Å². The van der Waals surface area contributed by atoms with Crippen molar-refractivity contribution in [2.24, 2.45) is 0 Å². The van der Waals surface area contributed by atoms with E-state index in [1.807, 2.05) is 17.5 Å². The van der Waals surface area contributed by atoms with Crippen molar-refractivity contribution in [2.75, 3.05) is 6.54 Å². The highest BCUT2D eigenvalue weighted by Gasteiger charge is 2.38. The van der Waals surface area contributed by atoms with Gasteiger partial charge in [0.05, 0.1) is 12.5 Å². The first-order valence-electron chi connectivity index (χ1n) is 5.30. The number of carbonyl (C=O) groups is 2. The Balaban J connectivity index is 2.05. The fourth-order valence-electron chi connectivity index (χ4n) is 1.99. The van der Waals surface area contributed by atoms with Crippen LogP contribution >= 0.6 is 11.3 Å². The molecule has 1 amide bonds. The van der Waals surface area contributed by atoms with E-state index in [4.69, 9.17) is 5.11 Å². The molecule has 2 N–H and O–H groups in total. The molecule has 1 aromatic rings. The van der Waals surface area contributed by atoms with Gasteiger partial charge in [-0.2, -0.15) is 0 Å². The van der Waals surface area contributed by atoms with Gasteiger partial charge in [-0.15, -0.1) is 11.3 Å². The standard InChI is InChI=1S/C11H13NO4S/c13-7-4-9(11(15)16)12(6-7)10(14)5-8-2-1-3-17-8/h1-3,7,9,13H,4-6H2,(H,15,16)/t7-,9-/m1/s1. The summed E-state index contributed by atoms with van der Waals surface area (Å²) >= 11 is 1.46. The second-order valence-corrected chi connectivity index (χ2v) is 5.08. The molecule has 1 saturated heterocycles. The topological polar surface area (TPSA) is 77.8 Å². The molecule has 0 bridgehead atoms. The van der Waals surface area contributed by atoms with E-state index in [-0.39, 0.29) is 25.3 Å². The molecule has 92 valence electrons. The molecule has 2 rings (SSSR count). The van der Waals surface area contributed by atoms with Crippen LogP contribution in [0.15, 0.2) is 17.5 Å². The van der Waals surface area contributed by atoms with Crippen LogP contribution in [0, 0.1) is 0 Å². The minimum atomic E-state index is -1.05. The van der Waals surface area contributed by atoms with Crippen molar-refractivity contribution < 1.29 is 19.8 Å². The zero-order valence-corrected chi connectivity index (χ0v) is 9.89. The van der Waals surface area contributed by atoms with E-state index in [1.54, 1.807) is 0 Å². The van der Waals surface area contributed by atoms with E-state index >= 15 is 0 Å². The Kier molecular flexibility index (Phi) is 3.44. The highest BCUT2D eigenvalue weighted by molar-refractivity contribution is 7.10. The summed E-state index contributed by atoms with van der Waals surface area (Å²) in [5, 5.41) is 20.3. The second-order valence-electron chi connectivity index (χ2n) is 4.05. The molecule has 17 heavy (non-hydrogen) atoms. The van der Waals surface area contributed by atoms with Crippen LogP contribution in [-0.4, -0.2) is 45.7 Å². The lowest BCUT2D eigenvalue weighted by Gasteiger charge is -2.20. The van der Waals surface area contributed by atoms with E-state index in [0.717, 1.165) is 4.88 Å². The van der Waals surface area contributed by atoms with Crippen LogP contribution in [0.5, 0.6) is 0 Å². The molecule has 0 spiro atoms. The van der Waals surface area contributed by atoms with Crippen molar-refractivity contribution in [3.63, 3.8) is 0 Å². The smallest absolute Gasteiger partial charge is 0.326 e. The number of carbonyl (C=O) groups excluding carboxylic acids is 1. The SMILES string of the molecule is O=C(O)[C@H]1C[C@@H](O)CN1C(=O)Cc1cccs1. The first kappa shape index (κ1) is 12.1. The molecule has 0 saturated carbocycles. The number of hydrogen-bond donors (Lipinski definition) is 2. The van der Waals surface area contributed by atoms with Crippen molar-refractivity contribution in [1.29, 1.82) is 0 Å². The normalized spacial score (nSPS) is 23.9. The third-order valence-corrected chi connectivity index (χ3v) is 3.67. The molecule has 2 heterocycles. The lowest BCUT2D eigenvalue weighted by molar-refractivity contribution is -0.147. The van der Waals surface area contributed by atoms with Gasteiger partial charge in [0.2, 0.25) is 5.91 Å². The molecule has 0 aromatic carbocycles. The maximum Gasteiger partial charge on any atom is 0.326 e. The molecule has 6 heteroatoms. The number of carboxylic acid groups (broad SMARTS) is 1. The number of rotatable bonds is 3. The number of thiophene rings is 1. The average molecular weight is 255 g/mol. The number of carboxylic acids is 1. The Hall–Kier alpha value is -1.40. The van der Waals surface area contributed by atoms with Gasteiger partial charge in [0, 0.05) is 17.8 Å². The predicted octanol–water partition coefficient (Wildman–Crippen LogP) is 0.337. The molecule has 1 aromatic heterocycles. The van der Waals surface area contributed by atoms with Gasteiger partial charge >= 0.3 is 5.97 Å². The van der Waals surface area contributed by atoms with Gasteiger partial charge in [-0.05, 0) is 11.4 Å². The fraction of sp³-hybridized carbons (Fsp3) is 0.455. The molecular formula is C11H13NO4S. The van der Waals surface area contributed by atoms with Crippen LogP contribution in [-0.2, 0) is 16.0 Å². The van der Waals surface area contributed by atoms with Crippen LogP contribution < -0.4 is 0 Å².